The zero-order chi connectivity index (χ0) is 13.6. The van der Waals surface area contributed by atoms with Crippen LogP contribution < -0.4 is 0 Å². The first-order valence-corrected chi connectivity index (χ1v) is 5.85. The van der Waals surface area contributed by atoms with Gasteiger partial charge in [0.1, 0.15) is 11.8 Å². The van der Waals surface area contributed by atoms with Gasteiger partial charge in [-0.25, -0.2) is 9.18 Å². The number of allylic oxidation sites excluding steroid dienone is 1. The lowest BCUT2D eigenvalue weighted by Crippen LogP contribution is -2.35. The Labute approximate surface area is 104 Å². The Morgan fingerprint density at radius 1 is 1.47 bits per heavy atom. The van der Waals surface area contributed by atoms with Gasteiger partial charge in [-0.1, -0.05) is 11.6 Å². The Balaban J connectivity index is 4.21. The highest BCUT2D eigenvalue weighted by Crippen LogP contribution is 2.10. The zero-order valence-corrected chi connectivity index (χ0v) is 11.7. The largest absolute Gasteiger partial charge is 0.444 e. The van der Waals surface area contributed by atoms with Crippen molar-refractivity contribution in [3.05, 3.63) is 11.6 Å². The Bertz CT molecular complexity index is 280. The van der Waals surface area contributed by atoms with Crippen LogP contribution in [-0.4, -0.2) is 36.4 Å². The lowest BCUT2D eigenvalue weighted by molar-refractivity contribution is 0.0313. The molecule has 0 fully saturated rings. The fraction of sp³-hybridized carbons (Fsp3) is 0.769. The molecule has 0 aromatic carbocycles. The van der Waals surface area contributed by atoms with Gasteiger partial charge in [-0.05, 0) is 41.0 Å². The van der Waals surface area contributed by atoms with Crippen LogP contribution in [0.1, 0.15) is 41.0 Å². The molecule has 0 bridgehead atoms. The average Bonchev–Trinajstić information content (AvgIpc) is 2.11. The first-order chi connectivity index (χ1) is 7.61. The molecule has 1 unspecified atom stereocenters. The Kier molecular flexibility index (Phi) is 6.21. The van der Waals surface area contributed by atoms with Crippen LogP contribution in [0.2, 0.25) is 0 Å². The SMILES string of the molecule is C/C(=C\CC(C)F)CN(C)C(=O)OC(C)(C)C. The van der Waals surface area contributed by atoms with Gasteiger partial charge in [-0.2, -0.15) is 0 Å². The van der Waals surface area contributed by atoms with Crippen molar-refractivity contribution >= 4 is 6.09 Å². The van der Waals surface area contributed by atoms with Crippen molar-refractivity contribution in [2.75, 3.05) is 13.6 Å². The summed E-state index contributed by atoms with van der Waals surface area (Å²) in [6.45, 7) is 9.33. The quantitative estimate of drug-likeness (QED) is 0.709. The maximum atomic E-state index is 12.6. The molecule has 0 radical (unpaired) electrons. The van der Waals surface area contributed by atoms with E-state index in [0.717, 1.165) is 5.57 Å². The molecule has 0 N–H and O–H groups in total. The summed E-state index contributed by atoms with van der Waals surface area (Å²) in [6, 6.07) is 0. The van der Waals surface area contributed by atoms with Crippen molar-refractivity contribution in [3.63, 3.8) is 0 Å². The minimum absolute atomic E-state index is 0.362. The molecule has 0 aliphatic heterocycles. The van der Waals surface area contributed by atoms with Crippen molar-refractivity contribution in [2.24, 2.45) is 0 Å². The smallest absolute Gasteiger partial charge is 0.410 e. The second kappa shape index (κ2) is 6.62. The summed E-state index contributed by atoms with van der Waals surface area (Å²) in [4.78, 5) is 13.1. The number of hydrogen-bond donors (Lipinski definition) is 0. The lowest BCUT2D eigenvalue weighted by atomic mass is 10.2. The van der Waals surface area contributed by atoms with Gasteiger partial charge in [0, 0.05) is 13.6 Å². The van der Waals surface area contributed by atoms with Gasteiger partial charge < -0.3 is 9.64 Å². The molecule has 1 atom stereocenters. The molecule has 0 heterocycles. The normalized spacial score (nSPS) is 14.4. The van der Waals surface area contributed by atoms with E-state index in [-0.39, 0.29) is 6.09 Å². The van der Waals surface area contributed by atoms with Gasteiger partial charge in [0.15, 0.2) is 0 Å². The van der Waals surface area contributed by atoms with E-state index >= 15 is 0 Å². The molecular formula is C13H24FNO2. The molecule has 0 saturated carbocycles. The number of nitrogens with zero attached hydrogens (tertiary/aromatic N) is 1. The number of alkyl halides is 1. The minimum Gasteiger partial charge on any atom is -0.444 e. The van der Waals surface area contributed by atoms with Gasteiger partial charge in [-0.3, -0.25) is 0 Å². The van der Waals surface area contributed by atoms with Gasteiger partial charge in [-0.15, -0.1) is 0 Å². The number of hydrogen-bond acceptors (Lipinski definition) is 2. The van der Waals surface area contributed by atoms with E-state index in [4.69, 9.17) is 4.74 Å². The molecule has 17 heavy (non-hydrogen) atoms. The highest BCUT2D eigenvalue weighted by molar-refractivity contribution is 5.68. The molecule has 0 saturated heterocycles. The van der Waals surface area contributed by atoms with Gasteiger partial charge in [0.2, 0.25) is 0 Å². The van der Waals surface area contributed by atoms with E-state index in [1.54, 1.807) is 7.05 Å². The van der Waals surface area contributed by atoms with E-state index in [2.05, 4.69) is 0 Å². The number of carbonyl (C=O) groups is 1. The Morgan fingerprint density at radius 3 is 2.41 bits per heavy atom. The predicted molar refractivity (Wildman–Crippen MR) is 67.8 cm³/mol. The maximum absolute atomic E-state index is 12.6. The van der Waals surface area contributed by atoms with E-state index in [0.29, 0.717) is 13.0 Å². The van der Waals surface area contributed by atoms with Crippen LogP contribution in [0.25, 0.3) is 0 Å². The second-order valence-corrected chi connectivity index (χ2v) is 5.40. The molecule has 0 aliphatic rings. The Morgan fingerprint density at radius 2 is 2.00 bits per heavy atom. The monoisotopic (exact) mass is 245 g/mol. The third-order valence-electron chi connectivity index (χ3n) is 1.98. The number of ether oxygens (including phenoxy) is 1. The van der Waals surface area contributed by atoms with Crippen LogP contribution in [-0.2, 0) is 4.74 Å². The number of rotatable bonds is 4. The fourth-order valence-electron chi connectivity index (χ4n) is 1.21. The van der Waals surface area contributed by atoms with Crippen molar-refractivity contribution < 1.29 is 13.9 Å². The fourth-order valence-corrected chi connectivity index (χ4v) is 1.21. The summed E-state index contributed by atoms with van der Waals surface area (Å²) in [7, 11) is 1.67. The highest BCUT2D eigenvalue weighted by Gasteiger charge is 2.19. The van der Waals surface area contributed by atoms with E-state index in [1.165, 1.54) is 11.8 Å². The van der Waals surface area contributed by atoms with Crippen LogP contribution in [0.3, 0.4) is 0 Å². The first kappa shape index (κ1) is 15.9. The molecule has 100 valence electrons. The van der Waals surface area contributed by atoms with Crippen molar-refractivity contribution in [1.29, 1.82) is 0 Å². The average molecular weight is 245 g/mol. The van der Waals surface area contributed by atoms with Gasteiger partial charge in [0.05, 0.1) is 0 Å². The standard InChI is InChI=1S/C13H24FNO2/c1-10(7-8-11(2)14)9-15(6)12(16)17-13(3,4)5/h7,11H,8-9H2,1-6H3/b10-7+. The van der Waals surface area contributed by atoms with Crippen LogP contribution in [0.5, 0.6) is 0 Å². The van der Waals surface area contributed by atoms with Gasteiger partial charge in [0.25, 0.3) is 0 Å². The zero-order valence-electron chi connectivity index (χ0n) is 11.7. The first-order valence-electron chi connectivity index (χ1n) is 5.85. The number of amides is 1. The molecule has 0 aromatic rings. The molecule has 0 aliphatic carbocycles. The molecule has 3 nitrogen and oxygen atoms in total. The van der Waals surface area contributed by atoms with E-state index in [9.17, 15) is 9.18 Å². The minimum atomic E-state index is -0.850. The molecule has 4 heteroatoms. The number of likely N-dealkylation sites (N-methyl/N-ethyl adjacent to an activating group) is 1. The van der Waals surface area contributed by atoms with Crippen LogP contribution in [0.15, 0.2) is 11.6 Å². The third-order valence-corrected chi connectivity index (χ3v) is 1.98. The Hall–Kier alpha value is -1.06. The van der Waals surface area contributed by atoms with Crippen molar-refractivity contribution in [3.8, 4) is 0 Å². The van der Waals surface area contributed by atoms with Crippen LogP contribution in [0.4, 0.5) is 9.18 Å². The third kappa shape index (κ3) is 8.72. The van der Waals surface area contributed by atoms with Crippen molar-refractivity contribution in [1.82, 2.24) is 4.90 Å². The number of carbonyl (C=O) groups excluding carboxylic acids is 1. The highest BCUT2D eigenvalue weighted by atomic mass is 19.1. The summed E-state index contributed by atoms with van der Waals surface area (Å²) in [6.07, 6.45) is 0.981. The van der Waals surface area contributed by atoms with Gasteiger partial charge >= 0.3 is 6.09 Å². The number of halogens is 1. The molecular weight excluding hydrogens is 221 g/mol. The summed E-state index contributed by atoms with van der Waals surface area (Å²) in [5, 5.41) is 0. The van der Waals surface area contributed by atoms with Crippen LogP contribution >= 0.6 is 0 Å². The maximum Gasteiger partial charge on any atom is 0.410 e. The molecule has 0 spiro atoms. The van der Waals surface area contributed by atoms with E-state index in [1.807, 2.05) is 33.8 Å². The topological polar surface area (TPSA) is 29.5 Å². The summed E-state index contributed by atoms with van der Waals surface area (Å²) in [5.41, 5.74) is 0.471. The summed E-state index contributed by atoms with van der Waals surface area (Å²) in [5.74, 6) is 0. The second-order valence-electron chi connectivity index (χ2n) is 5.40. The molecule has 0 rings (SSSR count). The van der Waals surface area contributed by atoms with Crippen molar-refractivity contribution in [2.45, 2.75) is 52.8 Å². The lowest BCUT2D eigenvalue weighted by Gasteiger charge is -2.24. The predicted octanol–water partition coefficient (Wildman–Crippen LogP) is 3.55. The molecule has 1 amide bonds. The summed E-state index contributed by atoms with van der Waals surface area (Å²) < 4.78 is 17.8. The molecule has 0 aromatic heterocycles. The van der Waals surface area contributed by atoms with Crippen LogP contribution in [0, 0.1) is 0 Å². The summed E-state index contributed by atoms with van der Waals surface area (Å²) >= 11 is 0. The van der Waals surface area contributed by atoms with E-state index < -0.39 is 11.8 Å².